The summed E-state index contributed by atoms with van der Waals surface area (Å²) in [5.74, 6) is 0. The van der Waals surface area contributed by atoms with Crippen LogP contribution in [0.25, 0.3) is 66.4 Å². The fourth-order valence-electron chi connectivity index (χ4n) is 5.46. The summed E-state index contributed by atoms with van der Waals surface area (Å²) in [6, 6.07) is 48.8. The van der Waals surface area contributed by atoms with E-state index in [1.54, 1.807) is 0 Å². The lowest BCUT2D eigenvalue weighted by molar-refractivity contribution is 0.669. The molecule has 6 aromatic carbocycles. The lowest BCUT2D eigenvalue weighted by Gasteiger charge is -2.13. The average molecular weight is 500 g/mol. The van der Waals surface area contributed by atoms with E-state index in [2.05, 4.69) is 115 Å². The molecular weight excluding hydrogens is 474 g/mol. The first-order valence-corrected chi connectivity index (χ1v) is 13.1. The van der Waals surface area contributed by atoms with Crippen molar-refractivity contribution in [3.63, 3.8) is 0 Å². The van der Waals surface area contributed by atoms with Gasteiger partial charge in [0.1, 0.15) is 11.2 Å². The summed E-state index contributed by atoms with van der Waals surface area (Å²) in [5, 5.41) is 9.86. The number of furan rings is 1. The summed E-state index contributed by atoms with van der Waals surface area (Å²) in [5.41, 5.74) is 12.0. The van der Waals surface area contributed by atoms with Gasteiger partial charge in [0.25, 0.3) is 0 Å². The molecule has 0 bridgehead atoms. The van der Waals surface area contributed by atoms with E-state index in [4.69, 9.17) is 9.83 Å². The second-order valence-corrected chi connectivity index (χ2v) is 9.75. The predicted molar refractivity (Wildman–Crippen MR) is 163 cm³/mol. The van der Waals surface area contributed by atoms with Crippen LogP contribution in [0.2, 0.25) is 0 Å². The van der Waals surface area contributed by atoms with E-state index in [1.165, 1.54) is 39.6 Å². The van der Waals surface area contributed by atoms with Gasteiger partial charge in [-0.3, -0.25) is 0 Å². The number of rotatable bonds is 5. The molecule has 0 aliphatic heterocycles. The zero-order valence-electron chi connectivity index (χ0n) is 21.3. The zero-order valence-corrected chi connectivity index (χ0v) is 21.3. The summed E-state index contributed by atoms with van der Waals surface area (Å²) >= 11 is 0. The third-order valence-electron chi connectivity index (χ3n) is 7.42. The fraction of sp³-hybridized carbons (Fsp3) is 0. The Hall–Kier alpha value is -5.21. The van der Waals surface area contributed by atoms with Crippen LogP contribution in [0.4, 0.5) is 0 Å². The molecule has 0 unspecified atom stereocenters. The first-order chi connectivity index (χ1) is 19.3. The van der Waals surface area contributed by atoms with Crippen LogP contribution in [0.5, 0.6) is 0 Å². The van der Waals surface area contributed by atoms with Crippen molar-refractivity contribution in [2.24, 2.45) is 0 Å². The molecular formula is C37H25NO. The maximum absolute atomic E-state index is 7.83. The van der Waals surface area contributed by atoms with E-state index in [1.807, 2.05) is 24.3 Å². The molecule has 1 aromatic heterocycles. The van der Waals surface area contributed by atoms with Gasteiger partial charge in [0, 0.05) is 22.6 Å². The molecule has 184 valence electrons. The lowest BCUT2D eigenvalue weighted by atomic mass is 9.90. The predicted octanol–water partition coefficient (Wildman–Crippen LogP) is 10.3. The number of benzene rings is 6. The van der Waals surface area contributed by atoms with Crippen LogP contribution >= 0.6 is 0 Å². The molecule has 0 radical (unpaired) electrons. The van der Waals surface area contributed by atoms with E-state index < -0.39 is 0 Å². The molecule has 0 spiro atoms. The van der Waals surface area contributed by atoms with Crippen molar-refractivity contribution in [1.29, 1.82) is 5.41 Å². The molecule has 0 aliphatic carbocycles. The van der Waals surface area contributed by atoms with Crippen molar-refractivity contribution in [2.75, 3.05) is 0 Å². The van der Waals surface area contributed by atoms with Gasteiger partial charge in [-0.1, -0.05) is 115 Å². The summed E-state index contributed by atoms with van der Waals surface area (Å²) in [6.07, 6.45) is 1.39. The van der Waals surface area contributed by atoms with Gasteiger partial charge >= 0.3 is 0 Å². The number of hydrogen-bond donors (Lipinski definition) is 1. The van der Waals surface area contributed by atoms with Crippen molar-refractivity contribution in [2.45, 2.75) is 0 Å². The molecule has 0 aliphatic rings. The Bertz CT molecular complexity index is 1950. The molecule has 0 fully saturated rings. The van der Waals surface area contributed by atoms with Gasteiger partial charge in [-0.25, -0.2) is 0 Å². The third-order valence-corrected chi connectivity index (χ3v) is 7.42. The number of hydrogen-bond acceptors (Lipinski definition) is 2. The second-order valence-electron chi connectivity index (χ2n) is 9.75. The van der Waals surface area contributed by atoms with Crippen molar-refractivity contribution in [3.05, 3.63) is 145 Å². The van der Waals surface area contributed by atoms with Crippen LogP contribution in [-0.4, -0.2) is 6.21 Å². The second kappa shape index (κ2) is 9.59. The minimum Gasteiger partial charge on any atom is -0.456 e. The summed E-state index contributed by atoms with van der Waals surface area (Å²) in [6.45, 7) is 0. The van der Waals surface area contributed by atoms with Gasteiger partial charge in [-0.2, -0.15) is 0 Å². The Morgan fingerprint density at radius 2 is 1.03 bits per heavy atom. The highest BCUT2D eigenvalue weighted by atomic mass is 16.3. The van der Waals surface area contributed by atoms with Crippen LogP contribution in [0.15, 0.2) is 144 Å². The van der Waals surface area contributed by atoms with Crippen LogP contribution in [0.3, 0.4) is 0 Å². The maximum atomic E-state index is 7.83. The summed E-state index contributed by atoms with van der Waals surface area (Å²) in [4.78, 5) is 0. The van der Waals surface area contributed by atoms with Crippen molar-refractivity contribution in [3.8, 4) is 44.5 Å². The number of nitrogens with one attached hydrogen (secondary N) is 1. The van der Waals surface area contributed by atoms with Crippen molar-refractivity contribution >= 4 is 28.2 Å². The smallest absolute Gasteiger partial charge is 0.136 e. The lowest BCUT2D eigenvalue weighted by Crippen LogP contribution is -1.88. The summed E-state index contributed by atoms with van der Waals surface area (Å²) in [7, 11) is 0. The SMILES string of the molecule is N=Cc1cccc2oc3ccc(-c4ccc(-c5ccc(-c6ccccc6)c(-c6ccccc6)c5)cc4)cc3c12. The standard InChI is InChI=1S/C37H25NO/c38-24-31-12-7-13-36-37(31)34-23-30(19-21-35(34)39-36)26-16-14-25(15-17-26)29-18-20-32(27-8-3-1-4-9-27)33(22-29)28-10-5-2-6-11-28/h1-24,38H. The molecule has 0 atom stereocenters. The van der Waals surface area contributed by atoms with Crippen LogP contribution in [0, 0.1) is 5.41 Å². The molecule has 2 nitrogen and oxygen atoms in total. The Balaban J connectivity index is 1.29. The van der Waals surface area contributed by atoms with E-state index in [0.29, 0.717) is 0 Å². The van der Waals surface area contributed by atoms with Gasteiger partial charge in [-0.15, -0.1) is 0 Å². The zero-order chi connectivity index (χ0) is 26.2. The quantitative estimate of drug-likeness (QED) is 0.235. The largest absolute Gasteiger partial charge is 0.456 e. The molecule has 2 heteroatoms. The molecule has 1 N–H and O–H groups in total. The first-order valence-electron chi connectivity index (χ1n) is 13.1. The van der Waals surface area contributed by atoms with Gasteiger partial charge in [0.15, 0.2) is 0 Å². The molecule has 0 amide bonds. The molecule has 0 saturated heterocycles. The Labute approximate surface area is 227 Å². The molecule has 7 rings (SSSR count). The van der Waals surface area contributed by atoms with E-state index in [9.17, 15) is 0 Å². The van der Waals surface area contributed by atoms with E-state index >= 15 is 0 Å². The summed E-state index contributed by atoms with van der Waals surface area (Å²) < 4.78 is 6.05. The minimum absolute atomic E-state index is 0.812. The average Bonchev–Trinajstić information content (AvgIpc) is 3.40. The van der Waals surface area contributed by atoms with E-state index in [0.717, 1.165) is 38.6 Å². The Morgan fingerprint density at radius 3 is 1.69 bits per heavy atom. The fourth-order valence-corrected chi connectivity index (χ4v) is 5.46. The maximum Gasteiger partial charge on any atom is 0.136 e. The highest BCUT2D eigenvalue weighted by molar-refractivity contribution is 6.13. The van der Waals surface area contributed by atoms with E-state index in [-0.39, 0.29) is 0 Å². The molecule has 1 heterocycles. The minimum atomic E-state index is 0.812. The first kappa shape index (κ1) is 22.9. The topological polar surface area (TPSA) is 37.0 Å². The van der Waals surface area contributed by atoms with Crippen LogP contribution in [-0.2, 0) is 0 Å². The van der Waals surface area contributed by atoms with Crippen molar-refractivity contribution < 1.29 is 4.42 Å². The third kappa shape index (κ3) is 4.13. The highest BCUT2D eigenvalue weighted by Gasteiger charge is 2.13. The Kier molecular flexibility index (Phi) is 5.64. The highest BCUT2D eigenvalue weighted by Crippen LogP contribution is 2.37. The van der Waals surface area contributed by atoms with Crippen LogP contribution < -0.4 is 0 Å². The molecule has 7 aromatic rings. The van der Waals surface area contributed by atoms with Gasteiger partial charge in [-0.05, 0) is 68.8 Å². The van der Waals surface area contributed by atoms with Gasteiger partial charge < -0.3 is 9.83 Å². The van der Waals surface area contributed by atoms with Crippen molar-refractivity contribution in [1.82, 2.24) is 0 Å². The van der Waals surface area contributed by atoms with Gasteiger partial charge in [0.05, 0.1) is 0 Å². The number of fused-ring (bicyclic) bond motifs is 3. The molecule has 0 saturated carbocycles. The van der Waals surface area contributed by atoms with Gasteiger partial charge in [0.2, 0.25) is 0 Å². The normalized spacial score (nSPS) is 11.2. The van der Waals surface area contributed by atoms with Crippen LogP contribution in [0.1, 0.15) is 5.56 Å². The Morgan fingerprint density at radius 1 is 0.436 bits per heavy atom. The molecule has 39 heavy (non-hydrogen) atoms. The monoisotopic (exact) mass is 499 g/mol.